The number of amides is 2. The first kappa shape index (κ1) is 20.4. The van der Waals surface area contributed by atoms with Crippen molar-refractivity contribution < 1.29 is 14.3 Å². The van der Waals surface area contributed by atoms with Gasteiger partial charge in [0.15, 0.2) is 0 Å². The minimum atomic E-state index is -0.210. The first-order valence-corrected chi connectivity index (χ1v) is 10.7. The van der Waals surface area contributed by atoms with E-state index in [0.29, 0.717) is 37.4 Å². The topological polar surface area (TPSA) is 49.9 Å². The van der Waals surface area contributed by atoms with Crippen LogP contribution in [0.2, 0.25) is 0 Å². The summed E-state index contributed by atoms with van der Waals surface area (Å²) in [6, 6.07) is 16.0. The number of para-hydroxylation sites is 1. The number of carbonyl (C=O) groups excluding carboxylic acids is 2. The van der Waals surface area contributed by atoms with E-state index in [1.54, 1.807) is 0 Å². The maximum atomic E-state index is 13.5. The molecule has 0 saturated heterocycles. The van der Waals surface area contributed by atoms with Gasteiger partial charge in [-0.1, -0.05) is 48.0 Å². The number of imide groups is 1. The third kappa shape index (κ3) is 3.77. The number of ether oxygens (including phenoxy) is 1. The van der Waals surface area contributed by atoms with Crippen molar-refractivity contribution in [2.75, 3.05) is 31.2 Å². The molecule has 0 atom stereocenters. The highest BCUT2D eigenvalue weighted by atomic mass is 16.5. The second-order valence-electron chi connectivity index (χ2n) is 7.79. The molecule has 2 aliphatic rings. The molecule has 0 spiro atoms. The number of hydrogen-bond donors (Lipinski definition) is 0. The molecule has 2 heterocycles. The van der Waals surface area contributed by atoms with E-state index >= 15 is 0 Å². The molecule has 2 aromatic rings. The van der Waals surface area contributed by atoms with Gasteiger partial charge in [-0.2, -0.15) is 0 Å². The van der Waals surface area contributed by atoms with Crippen LogP contribution in [0.3, 0.4) is 0 Å². The van der Waals surface area contributed by atoms with Crippen LogP contribution >= 0.6 is 0 Å². The first-order valence-electron chi connectivity index (χ1n) is 10.7. The third-order valence-electron chi connectivity index (χ3n) is 5.74. The SMILES string of the molecule is CCOCCCN1C(=O)C(c2ccc(C)cc2)=C(N2CCCc3ccccc32)C1=O. The van der Waals surface area contributed by atoms with E-state index in [4.69, 9.17) is 4.74 Å². The maximum absolute atomic E-state index is 13.5. The standard InChI is InChI=1S/C25H28N2O3/c1-3-30-17-7-16-27-24(28)22(20-13-11-18(2)12-14-20)23(25(27)29)26-15-6-9-19-8-4-5-10-21(19)26/h4-5,8,10-14H,3,6-7,9,15-17H2,1-2H3. The number of rotatable bonds is 7. The largest absolute Gasteiger partial charge is 0.382 e. The summed E-state index contributed by atoms with van der Waals surface area (Å²) in [5.74, 6) is -0.415. The predicted molar refractivity (Wildman–Crippen MR) is 118 cm³/mol. The molecule has 2 aliphatic heterocycles. The van der Waals surface area contributed by atoms with Gasteiger partial charge in [0.1, 0.15) is 5.70 Å². The summed E-state index contributed by atoms with van der Waals surface area (Å²) in [5, 5.41) is 0. The summed E-state index contributed by atoms with van der Waals surface area (Å²) in [6.07, 6.45) is 2.57. The minimum absolute atomic E-state index is 0.205. The Morgan fingerprint density at radius 1 is 1.00 bits per heavy atom. The van der Waals surface area contributed by atoms with Gasteiger partial charge < -0.3 is 9.64 Å². The Balaban J connectivity index is 1.76. The Morgan fingerprint density at radius 2 is 1.77 bits per heavy atom. The molecule has 5 nitrogen and oxygen atoms in total. The Labute approximate surface area is 177 Å². The van der Waals surface area contributed by atoms with Crippen LogP contribution in [-0.2, 0) is 20.7 Å². The van der Waals surface area contributed by atoms with Gasteiger partial charge in [-0.25, -0.2) is 0 Å². The van der Waals surface area contributed by atoms with E-state index in [-0.39, 0.29) is 11.8 Å². The lowest BCUT2D eigenvalue weighted by Crippen LogP contribution is -2.37. The number of fused-ring (bicyclic) bond motifs is 1. The van der Waals surface area contributed by atoms with Gasteiger partial charge in [0, 0.05) is 32.0 Å². The average molecular weight is 405 g/mol. The van der Waals surface area contributed by atoms with Crippen LogP contribution in [0.4, 0.5) is 5.69 Å². The summed E-state index contributed by atoms with van der Waals surface area (Å²) in [5.41, 5.74) is 5.18. The van der Waals surface area contributed by atoms with Gasteiger partial charge >= 0.3 is 0 Å². The van der Waals surface area contributed by atoms with Crippen molar-refractivity contribution >= 4 is 23.1 Å². The lowest BCUT2D eigenvalue weighted by Gasteiger charge is -2.32. The monoisotopic (exact) mass is 404 g/mol. The van der Waals surface area contributed by atoms with E-state index in [1.807, 2.05) is 56.3 Å². The zero-order valence-electron chi connectivity index (χ0n) is 17.7. The molecule has 4 rings (SSSR count). The molecule has 0 saturated carbocycles. The molecular formula is C25H28N2O3. The minimum Gasteiger partial charge on any atom is -0.382 e. The molecule has 0 aromatic heterocycles. The van der Waals surface area contributed by atoms with E-state index in [0.717, 1.165) is 36.2 Å². The third-order valence-corrected chi connectivity index (χ3v) is 5.74. The van der Waals surface area contributed by atoms with E-state index in [9.17, 15) is 9.59 Å². The second-order valence-corrected chi connectivity index (χ2v) is 7.79. The van der Waals surface area contributed by atoms with Gasteiger partial charge in [0.2, 0.25) is 0 Å². The van der Waals surface area contributed by atoms with Crippen molar-refractivity contribution in [2.24, 2.45) is 0 Å². The molecule has 0 fully saturated rings. The molecule has 0 N–H and O–H groups in total. The number of nitrogens with zero attached hydrogens (tertiary/aromatic N) is 2. The molecule has 156 valence electrons. The van der Waals surface area contributed by atoms with Gasteiger partial charge in [-0.15, -0.1) is 0 Å². The second kappa shape index (κ2) is 8.84. The number of anilines is 1. The molecule has 2 amide bonds. The van der Waals surface area contributed by atoms with Crippen LogP contribution in [0.15, 0.2) is 54.2 Å². The number of aryl methyl sites for hydroxylation is 2. The molecule has 30 heavy (non-hydrogen) atoms. The zero-order chi connectivity index (χ0) is 21.1. The van der Waals surface area contributed by atoms with Crippen molar-refractivity contribution in [3.8, 4) is 0 Å². The summed E-state index contributed by atoms with van der Waals surface area (Å²) in [4.78, 5) is 30.4. The Morgan fingerprint density at radius 3 is 2.53 bits per heavy atom. The number of hydrogen-bond acceptors (Lipinski definition) is 4. The van der Waals surface area contributed by atoms with Crippen LogP contribution in [-0.4, -0.2) is 43.0 Å². The van der Waals surface area contributed by atoms with Crippen LogP contribution in [0.5, 0.6) is 0 Å². The molecular weight excluding hydrogens is 376 g/mol. The van der Waals surface area contributed by atoms with Crippen molar-refractivity contribution in [1.82, 2.24) is 4.90 Å². The fourth-order valence-electron chi connectivity index (χ4n) is 4.23. The van der Waals surface area contributed by atoms with Crippen molar-refractivity contribution in [1.29, 1.82) is 0 Å². The summed E-state index contributed by atoms with van der Waals surface area (Å²) in [7, 11) is 0. The summed E-state index contributed by atoms with van der Waals surface area (Å²) in [6.45, 7) is 6.22. The molecule has 0 bridgehead atoms. The highest BCUT2D eigenvalue weighted by Gasteiger charge is 2.42. The van der Waals surface area contributed by atoms with Crippen LogP contribution in [0.25, 0.3) is 5.57 Å². The van der Waals surface area contributed by atoms with Gasteiger partial charge in [0.25, 0.3) is 11.8 Å². The van der Waals surface area contributed by atoms with Crippen LogP contribution in [0.1, 0.15) is 36.5 Å². The highest BCUT2D eigenvalue weighted by Crippen LogP contribution is 2.37. The first-order chi connectivity index (χ1) is 14.6. The summed E-state index contributed by atoms with van der Waals surface area (Å²) < 4.78 is 5.40. The molecule has 0 unspecified atom stereocenters. The van der Waals surface area contributed by atoms with Gasteiger partial charge in [-0.05, 0) is 50.3 Å². The van der Waals surface area contributed by atoms with Crippen LogP contribution < -0.4 is 4.90 Å². The lowest BCUT2D eigenvalue weighted by molar-refractivity contribution is -0.137. The summed E-state index contributed by atoms with van der Waals surface area (Å²) >= 11 is 0. The average Bonchev–Trinajstić information content (AvgIpc) is 3.01. The molecule has 0 radical (unpaired) electrons. The Hall–Kier alpha value is -2.92. The fourth-order valence-corrected chi connectivity index (χ4v) is 4.23. The van der Waals surface area contributed by atoms with Crippen molar-refractivity contribution in [3.05, 3.63) is 70.9 Å². The van der Waals surface area contributed by atoms with E-state index in [1.165, 1.54) is 10.5 Å². The lowest BCUT2D eigenvalue weighted by atomic mass is 9.98. The normalized spacial score (nSPS) is 16.5. The van der Waals surface area contributed by atoms with Crippen LogP contribution in [0, 0.1) is 6.92 Å². The zero-order valence-corrected chi connectivity index (χ0v) is 17.7. The van der Waals surface area contributed by atoms with E-state index in [2.05, 4.69) is 11.0 Å². The molecule has 0 aliphatic carbocycles. The highest BCUT2D eigenvalue weighted by molar-refractivity contribution is 6.36. The smallest absolute Gasteiger partial charge is 0.278 e. The molecule has 5 heteroatoms. The van der Waals surface area contributed by atoms with Crippen molar-refractivity contribution in [3.63, 3.8) is 0 Å². The van der Waals surface area contributed by atoms with Gasteiger partial charge in [-0.3, -0.25) is 14.5 Å². The van der Waals surface area contributed by atoms with E-state index < -0.39 is 0 Å². The quantitative estimate of drug-likeness (QED) is 0.518. The molecule has 2 aromatic carbocycles. The van der Waals surface area contributed by atoms with Crippen molar-refractivity contribution in [2.45, 2.75) is 33.1 Å². The maximum Gasteiger partial charge on any atom is 0.278 e. The predicted octanol–water partition coefficient (Wildman–Crippen LogP) is 3.95. The Kier molecular flexibility index (Phi) is 6.00. The fraction of sp³-hybridized carbons (Fsp3) is 0.360. The van der Waals surface area contributed by atoms with Gasteiger partial charge in [0.05, 0.1) is 5.57 Å². The number of carbonyl (C=O) groups is 2. The Bertz CT molecular complexity index is 978. The number of benzene rings is 2.